The predicted octanol–water partition coefficient (Wildman–Crippen LogP) is 3.92. The van der Waals surface area contributed by atoms with Gasteiger partial charge in [0.2, 0.25) is 0 Å². The van der Waals surface area contributed by atoms with Gasteiger partial charge in [0.1, 0.15) is 0 Å². The van der Waals surface area contributed by atoms with Gasteiger partial charge >= 0.3 is 0 Å². The van der Waals surface area contributed by atoms with Gasteiger partial charge in [-0.25, -0.2) is 0 Å². The Kier molecular flexibility index (Phi) is 1.80. The van der Waals surface area contributed by atoms with Gasteiger partial charge in [-0.2, -0.15) is 0 Å². The Morgan fingerprint density at radius 1 is 1.25 bits per heavy atom. The summed E-state index contributed by atoms with van der Waals surface area (Å²) < 4.78 is 0. The Hall–Kier alpha value is -0.300. The lowest BCUT2D eigenvalue weighted by Gasteiger charge is -2.15. The molecule has 0 spiro atoms. The molecule has 1 heteroatoms. The van der Waals surface area contributed by atoms with Crippen molar-refractivity contribution in [2.75, 3.05) is 0 Å². The van der Waals surface area contributed by atoms with E-state index in [0.717, 1.165) is 5.92 Å². The molecule has 1 aromatic rings. The van der Waals surface area contributed by atoms with Crippen LogP contribution in [-0.4, -0.2) is 0 Å². The standard InChI is InChI=1S/C11H16S/c1-11(2,3)10-7-6-9(12-10)8-4-5-8/h6-8H,4-5H2,1-3H3. The van der Waals surface area contributed by atoms with Gasteiger partial charge in [0.15, 0.2) is 0 Å². The second-order valence-electron chi connectivity index (χ2n) is 4.73. The van der Waals surface area contributed by atoms with Gasteiger partial charge in [-0.1, -0.05) is 20.8 Å². The number of hydrogen-bond donors (Lipinski definition) is 0. The summed E-state index contributed by atoms with van der Waals surface area (Å²) >= 11 is 2.01. The van der Waals surface area contributed by atoms with E-state index < -0.39 is 0 Å². The molecule has 1 aliphatic carbocycles. The van der Waals surface area contributed by atoms with Gasteiger partial charge in [-0.3, -0.25) is 0 Å². The lowest BCUT2D eigenvalue weighted by Crippen LogP contribution is -2.07. The third-order valence-corrected chi connectivity index (χ3v) is 4.02. The molecular weight excluding hydrogens is 164 g/mol. The molecule has 12 heavy (non-hydrogen) atoms. The fourth-order valence-corrected chi connectivity index (χ4v) is 2.58. The minimum absolute atomic E-state index is 0.345. The Bertz CT molecular complexity index is 273. The first-order valence-corrected chi connectivity index (χ1v) is 5.49. The van der Waals surface area contributed by atoms with Crippen molar-refractivity contribution in [2.24, 2.45) is 0 Å². The second-order valence-corrected chi connectivity index (χ2v) is 5.84. The summed E-state index contributed by atoms with van der Waals surface area (Å²) in [5.41, 5.74) is 0.345. The van der Waals surface area contributed by atoms with Crippen LogP contribution in [0.25, 0.3) is 0 Å². The Balaban J connectivity index is 2.23. The molecule has 0 aliphatic heterocycles. The van der Waals surface area contributed by atoms with Crippen LogP contribution in [0.3, 0.4) is 0 Å². The smallest absolute Gasteiger partial charge is 0.0102 e. The van der Waals surface area contributed by atoms with Gasteiger partial charge in [0, 0.05) is 9.75 Å². The molecule has 0 amide bonds. The molecule has 1 aliphatic rings. The molecule has 1 saturated carbocycles. The quantitative estimate of drug-likeness (QED) is 0.614. The van der Waals surface area contributed by atoms with E-state index in [1.54, 1.807) is 4.88 Å². The van der Waals surface area contributed by atoms with E-state index in [1.807, 2.05) is 11.3 Å². The minimum Gasteiger partial charge on any atom is -0.145 e. The first-order valence-electron chi connectivity index (χ1n) is 4.67. The zero-order chi connectivity index (χ0) is 8.77. The van der Waals surface area contributed by atoms with E-state index >= 15 is 0 Å². The maximum absolute atomic E-state index is 2.32. The van der Waals surface area contributed by atoms with Gasteiger partial charge in [0.05, 0.1) is 0 Å². The van der Waals surface area contributed by atoms with E-state index in [0.29, 0.717) is 5.41 Å². The third kappa shape index (κ3) is 1.56. The highest BCUT2D eigenvalue weighted by Crippen LogP contribution is 2.44. The molecule has 0 unspecified atom stereocenters. The van der Waals surface area contributed by atoms with Crippen LogP contribution in [0.1, 0.15) is 49.3 Å². The van der Waals surface area contributed by atoms with Crippen molar-refractivity contribution in [1.82, 2.24) is 0 Å². The van der Waals surface area contributed by atoms with E-state index in [1.165, 1.54) is 17.7 Å². The van der Waals surface area contributed by atoms with E-state index in [4.69, 9.17) is 0 Å². The molecule has 0 saturated heterocycles. The van der Waals surface area contributed by atoms with Gasteiger partial charge in [0.25, 0.3) is 0 Å². The van der Waals surface area contributed by atoms with Crippen molar-refractivity contribution in [2.45, 2.75) is 44.9 Å². The number of rotatable bonds is 1. The predicted molar refractivity (Wildman–Crippen MR) is 55.0 cm³/mol. The molecule has 0 aromatic carbocycles. The highest BCUT2D eigenvalue weighted by atomic mass is 32.1. The number of thiophene rings is 1. The topological polar surface area (TPSA) is 0 Å². The van der Waals surface area contributed by atoms with E-state index in [2.05, 4.69) is 32.9 Å². The summed E-state index contributed by atoms with van der Waals surface area (Å²) in [6, 6.07) is 4.63. The molecule has 0 radical (unpaired) electrons. The Morgan fingerprint density at radius 2 is 1.92 bits per heavy atom. The monoisotopic (exact) mass is 180 g/mol. The first kappa shape index (κ1) is 8.31. The number of hydrogen-bond acceptors (Lipinski definition) is 1. The van der Waals surface area contributed by atoms with Crippen LogP contribution in [0, 0.1) is 0 Å². The Morgan fingerprint density at radius 3 is 2.33 bits per heavy atom. The lowest BCUT2D eigenvalue weighted by atomic mass is 9.95. The highest BCUT2D eigenvalue weighted by Gasteiger charge is 2.26. The highest BCUT2D eigenvalue weighted by molar-refractivity contribution is 7.12. The molecule has 0 nitrogen and oxygen atoms in total. The van der Waals surface area contributed by atoms with Crippen molar-refractivity contribution in [3.05, 3.63) is 21.9 Å². The van der Waals surface area contributed by atoms with Crippen LogP contribution in [-0.2, 0) is 5.41 Å². The molecule has 1 fully saturated rings. The zero-order valence-electron chi connectivity index (χ0n) is 8.05. The van der Waals surface area contributed by atoms with Crippen molar-refractivity contribution in [1.29, 1.82) is 0 Å². The molecule has 0 atom stereocenters. The molecule has 1 aromatic heterocycles. The van der Waals surface area contributed by atoms with Crippen LogP contribution in [0.5, 0.6) is 0 Å². The van der Waals surface area contributed by atoms with Gasteiger partial charge in [-0.05, 0) is 36.3 Å². The molecule has 2 rings (SSSR count). The maximum atomic E-state index is 2.32. The van der Waals surface area contributed by atoms with Crippen LogP contribution in [0.4, 0.5) is 0 Å². The molecular formula is C11H16S. The fraction of sp³-hybridized carbons (Fsp3) is 0.636. The maximum Gasteiger partial charge on any atom is 0.0102 e. The molecule has 1 heterocycles. The van der Waals surface area contributed by atoms with Crippen LogP contribution >= 0.6 is 11.3 Å². The summed E-state index contributed by atoms with van der Waals surface area (Å²) in [4.78, 5) is 3.14. The third-order valence-electron chi connectivity index (χ3n) is 2.35. The summed E-state index contributed by atoms with van der Waals surface area (Å²) in [5.74, 6) is 0.922. The molecule has 0 bridgehead atoms. The fourth-order valence-electron chi connectivity index (χ4n) is 1.34. The minimum atomic E-state index is 0.345. The van der Waals surface area contributed by atoms with Crippen molar-refractivity contribution in [3.8, 4) is 0 Å². The van der Waals surface area contributed by atoms with Gasteiger partial charge in [-0.15, -0.1) is 11.3 Å². The normalized spacial score (nSPS) is 18.2. The van der Waals surface area contributed by atoms with Crippen LogP contribution < -0.4 is 0 Å². The first-order chi connectivity index (χ1) is 5.57. The molecule has 66 valence electrons. The van der Waals surface area contributed by atoms with E-state index in [-0.39, 0.29) is 0 Å². The SMILES string of the molecule is CC(C)(C)c1ccc(C2CC2)s1. The lowest BCUT2D eigenvalue weighted by molar-refractivity contribution is 0.604. The van der Waals surface area contributed by atoms with Gasteiger partial charge < -0.3 is 0 Å². The second kappa shape index (κ2) is 2.59. The summed E-state index contributed by atoms with van der Waals surface area (Å²) in [6.07, 6.45) is 2.84. The summed E-state index contributed by atoms with van der Waals surface area (Å²) in [6.45, 7) is 6.86. The molecule has 0 N–H and O–H groups in total. The van der Waals surface area contributed by atoms with Crippen molar-refractivity contribution < 1.29 is 0 Å². The zero-order valence-corrected chi connectivity index (χ0v) is 8.87. The average molecular weight is 180 g/mol. The van der Waals surface area contributed by atoms with Crippen molar-refractivity contribution >= 4 is 11.3 Å². The largest absolute Gasteiger partial charge is 0.145 e. The van der Waals surface area contributed by atoms with Crippen molar-refractivity contribution in [3.63, 3.8) is 0 Å². The summed E-state index contributed by atoms with van der Waals surface area (Å²) in [7, 11) is 0. The van der Waals surface area contributed by atoms with E-state index in [9.17, 15) is 0 Å². The van der Waals surface area contributed by atoms with Crippen LogP contribution in [0.2, 0.25) is 0 Å². The Labute approximate surface area is 78.6 Å². The van der Waals surface area contributed by atoms with Crippen LogP contribution in [0.15, 0.2) is 12.1 Å². The average Bonchev–Trinajstić information content (AvgIpc) is 2.66. The summed E-state index contributed by atoms with van der Waals surface area (Å²) in [5, 5.41) is 0.